The van der Waals surface area contributed by atoms with Crippen LogP contribution in [-0.2, 0) is 17.1 Å². The quantitative estimate of drug-likeness (QED) is 0.498. The molecule has 0 bridgehead atoms. The number of carbonyl (C=O) groups excluding carboxylic acids is 1. The number of rotatable bonds is 5. The molecule has 31 heavy (non-hydrogen) atoms. The van der Waals surface area contributed by atoms with E-state index in [2.05, 4.69) is 20.1 Å². The maximum Gasteiger partial charge on any atom is 0.261 e. The fourth-order valence-electron chi connectivity index (χ4n) is 3.31. The molecule has 158 valence electrons. The number of aromatic nitrogens is 3. The minimum atomic E-state index is -3.84. The lowest BCUT2D eigenvalue weighted by atomic mass is 10.2. The SMILES string of the molecule is Cc1cccc(NS(=O)(=O)c2cccc(C(=O)Nc3cnc4c(c3)c(C)nn4C)c2)c1. The topological polar surface area (TPSA) is 106 Å². The normalized spacial score (nSPS) is 11.5. The lowest BCUT2D eigenvalue weighted by molar-refractivity contribution is 0.102. The molecule has 2 aromatic heterocycles. The number of fused-ring (bicyclic) bond motifs is 1. The molecular formula is C22H21N5O3S. The first kappa shape index (κ1) is 20.5. The average Bonchev–Trinajstić information content (AvgIpc) is 3.01. The largest absolute Gasteiger partial charge is 0.321 e. The number of carbonyl (C=O) groups is 1. The molecule has 2 aromatic carbocycles. The van der Waals surface area contributed by atoms with Gasteiger partial charge in [0, 0.05) is 23.7 Å². The molecule has 1 amide bonds. The monoisotopic (exact) mass is 435 g/mol. The molecule has 0 unspecified atom stereocenters. The van der Waals surface area contributed by atoms with Crippen molar-refractivity contribution in [2.24, 2.45) is 7.05 Å². The van der Waals surface area contributed by atoms with Crippen molar-refractivity contribution < 1.29 is 13.2 Å². The average molecular weight is 436 g/mol. The van der Waals surface area contributed by atoms with Crippen molar-refractivity contribution in [2.75, 3.05) is 10.0 Å². The third kappa shape index (κ3) is 4.26. The third-order valence-corrected chi connectivity index (χ3v) is 6.18. The summed E-state index contributed by atoms with van der Waals surface area (Å²) in [4.78, 5) is 17.1. The number of aryl methyl sites for hydroxylation is 3. The van der Waals surface area contributed by atoms with Gasteiger partial charge in [0.15, 0.2) is 5.65 Å². The van der Waals surface area contributed by atoms with Crippen molar-refractivity contribution in [3.63, 3.8) is 0 Å². The Labute approximate surface area is 180 Å². The standard InChI is InChI=1S/C22H21N5O3S/c1-14-6-4-8-17(10-14)26-31(29,30)19-9-5-7-16(11-19)22(28)24-18-12-20-15(2)25-27(3)21(20)23-13-18/h4-13,26H,1-3H3,(H,24,28). The zero-order chi connectivity index (χ0) is 22.2. The number of hydrogen-bond donors (Lipinski definition) is 2. The second-order valence-electron chi connectivity index (χ2n) is 7.26. The van der Waals surface area contributed by atoms with Gasteiger partial charge >= 0.3 is 0 Å². The van der Waals surface area contributed by atoms with Crippen LogP contribution in [0.2, 0.25) is 0 Å². The van der Waals surface area contributed by atoms with Gasteiger partial charge < -0.3 is 5.32 Å². The molecule has 0 aliphatic heterocycles. The number of pyridine rings is 1. The van der Waals surface area contributed by atoms with E-state index in [9.17, 15) is 13.2 Å². The summed E-state index contributed by atoms with van der Waals surface area (Å²) in [5.74, 6) is -0.435. The number of amides is 1. The van der Waals surface area contributed by atoms with Gasteiger partial charge in [-0.15, -0.1) is 0 Å². The number of hydrogen-bond acceptors (Lipinski definition) is 5. The smallest absolute Gasteiger partial charge is 0.261 e. The molecule has 8 nitrogen and oxygen atoms in total. The van der Waals surface area contributed by atoms with Gasteiger partial charge in [-0.2, -0.15) is 5.10 Å². The van der Waals surface area contributed by atoms with Crippen molar-refractivity contribution in [1.29, 1.82) is 0 Å². The Morgan fingerprint density at radius 1 is 1.00 bits per heavy atom. The van der Waals surface area contributed by atoms with E-state index in [-0.39, 0.29) is 10.5 Å². The predicted octanol–water partition coefficient (Wildman–Crippen LogP) is 3.64. The highest BCUT2D eigenvalue weighted by atomic mass is 32.2. The van der Waals surface area contributed by atoms with Crippen molar-refractivity contribution in [3.8, 4) is 0 Å². The molecule has 0 aliphatic rings. The summed E-state index contributed by atoms with van der Waals surface area (Å²) in [6.45, 7) is 3.74. The molecule has 0 saturated heterocycles. The molecule has 2 heterocycles. The highest BCUT2D eigenvalue weighted by Crippen LogP contribution is 2.21. The van der Waals surface area contributed by atoms with Gasteiger partial charge in [-0.1, -0.05) is 18.2 Å². The van der Waals surface area contributed by atoms with E-state index in [4.69, 9.17) is 0 Å². The van der Waals surface area contributed by atoms with E-state index in [1.165, 1.54) is 18.2 Å². The molecule has 0 spiro atoms. The van der Waals surface area contributed by atoms with Crippen LogP contribution < -0.4 is 10.0 Å². The van der Waals surface area contributed by atoms with E-state index < -0.39 is 15.9 Å². The Kier molecular flexibility index (Phi) is 5.20. The minimum absolute atomic E-state index is 0.00154. The number of nitrogens with one attached hydrogen (secondary N) is 2. The first-order chi connectivity index (χ1) is 14.7. The molecule has 4 aromatic rings. The van der Waals surface area contributed by atoms with Crippen LogP contribution in [0.25, 0.3) is 11.0 Å². The maximum absolute atomic E-state index is 12.8. The van der Waals surface area contributed by atoms with Crippen LogP contribution in [-0.4, -0.2) is 29.1 Å². The Morgan fingerprint density at radius 2 is 1.77 bits per heavy atom. The van der Waals surface area contributed by atoms with Crippen LogP contribution in [0.4, 0.5) is 11.4 Å². The second kappa shape index (κ2) is 7.84. The minimum Gasteiger partial charge on any atom is -0.321 e. The molecule has 0 aliphatic carbocycles. The predicted molar refractivity (Wildman–Crippen MR) is 120 cm³/mol. The summed E-state index contributed by atoms with van der Waals surface area (Å²) in [7, 11) is -2.04. The molecular weight excluding hydrogens is 414 g/mol. The molecule has 4 rings (SSSR count). The lowest BCUT2D eigenvalue weighted by Crippen LogP contribution is -2.16. The van der Waals surface area contributed by atoms with Crippen molar-refractivity contribution in [2.45, 2.75) is 18.7 Å². The molecule has 0 fully saturated rings. The zero-order valence-electron chi connectivity index (χ0n) is 17.2. The van der Waals surface area contributed by atoms with Crippen LogP contribution in [0, 0.1) is 13.8 Å². The van der Waals surface area contributed by atoms with Gasteiger partial charge in [0.25, 0.3) is 15.9 Å². The molecule has 0 atom stereocenters. The van der Waals surface area contributed by atoms with E-state index in [1.807, 2.05) is 19.9 Å². The Balaban J connectivity index is 1.57. The van der Waals surface area contributed by atoms with Crippen molar-refractivity contribution in [3.05, 3.63) is 77.6 Å². The first-order valence-electron chi connectivity index (χ1n) is 9.53. The fraction of sp³-hybridized carbons (Fsp3) is 0.136. The Hall–Kier alpha value is -3.72. The highest BCUT2D eigenvalue weighted by molar-refractivity contribution is 7.92. The summed E-state index contributed by atoms with van der Waals surface area (Å²) in [6.07, 6.45) is 1.54. The fourth-order valence-corrected chi connectivity index (χ4v) is 4.40. The third-order valence-electron chi connectivity index (χ3n) is 4.80. The van der Waals surface area contributed by atoms with Crippen molar-refractivity contribution >= 4 is 38.3 Å². The van der Waals surface area contributed by atoms with E-state index in [0.29, 0.717) is 17.0 Å². The van der Waals surface area contributed by atoms with Gasteiger partial charge in [0.05, 0.1) is 22.5 Å². The molecule has 0 saturated carbocycles. The highest BCUT2D eigenvalue weighted by Gasteiger charge is 2.17. The number of sulfonamides is 1. The van der Waals surface area contributed by atoms with E-state index >= 15 is 0 Å². The first-order valence-corrected chi connectivity index (χ1v) is 11.0. The molecule has 0 radical (unpaired) electrons. The van der Waals surface area contributed by atoms with Crippen molar-refractivity contribution in [1.82, 2.24) is 14.8 Å². The Morgan fingerprint density at radius 3 is 2.55 bits per heavy atom. The van der Waals surface area contributed by atoms with Gasteiger partial charge in [-0.25, -0.2) is 13.4 Å². The maximum atomic E-state index is 12.8. The van der Waals surface area contributed by atoms with Gasteiger partial charge in [0.1, 0.15) is 0 Å². The van der Waals surface area contributed by atoms with E-state index in [1.54, 1.807) is 48.3 Å². The summed E-state index contributed by atoms with van der Waals surface area (Å²) in [6, 6.07) is 14.7. The van der Waals surface area contributed by atoms with Gasteiger partial charge in [-0.05, 0) is 55.8 Å². The Bertz CT molecular complexity index is 1410. The summed E-state index contributed by atoms with van der Waals surface area (Å²) >= 11 is 0. The van der Waals surface area contributed by atoms with Gasteiger partial charge in [-0.3, -0.25) is 14.2 Å². The molecule has 2 N–H and O–H groups in total. The van der Waals surface area contributed by atoms with Crippen LogP contribution >= 0.6 is 0 Å². The van der Waals surface area contributed by atoms with Crippen LogP contribution in [0.15, 0.2) is 65.7 Å². The summed E-state index contributed by atoms with van der Waals surface area (Å²) in [5.41, 5.74) is 3.63. The van der Waals surface area contributed by atoms with Crippen LogP contribution in [0.5, 0.6) is 0 Å². The summed E-state index contributed by atoms with van der Waals surface area (Å²) < 4.78 is 29.8. The van der Waals surface area contributed by atoms with Crippen LogP contribution in [0.1, 0.15) is 21.6 Å². The van der Waals surface area contributed by atoms with Crippen LogP contribution in [0.3, 0.4) is 0 Å². The van der Waals surface area contributed by atoms with E-state index in [0.717, 1.165) is 16.6 Å². The zero-order valence-corrected chi connectivity index (χ0v) is 18.1. The number of anilines is 2. The second-order valence-corrected chi connectivity index (χ2v) is 8.94. The summed E-state index contributed by atoms with van der Waals surface area (Å²) in [5, 5.41) is 7.92. The number of benzene rings is 2. The number of nitrogens with zero attached hydrogens (tertiary/aromatic N) is 3. The lowest BCUT2D eigenvalue weighted by Gasteiger charge is -2.10. The molecule has 9 heteroatoms. The van der Waals surface area contributed by atoms with Gasteiger partial charge in [0.2, 0.25) is 0 Å².